The summed E-state index contributed by atoms with van der Waals surface area (Å²) in [5.74, 6) is 1.12. The number of amides is 1. The molecule has 1 amide bonds. The molecule has 0 aromatic rings. The smallest absolute Gasteiger partial charge is 0.220 e. The van der Waals surface area contributed by atoms with Gasteiger partial charge in [0.1, 0.15) is 0 Å². The van der Waals surface area contributed by atoms with Crippen molar-refractivity contribution < 1.29 is 4.79 Å². The van der Waals surface area contributed by atoms with Crippen LogP contribution in [0.3, 0.4) is 0 Å². The van der Waals surface area contributed by atoms with E-state index in [1.165, 1.54) is 38.5 Å². The van der Waals surface area contributed by atoms with Crippen LogP contribution in [0.1, 0.15) is 57.8 Å². The summed E-state index contributed by atoms with van der Waals surface area (Å²) in [5.41, 5.74) is 11.9. The third-order valence-corrected chi connectivity index (χ3v) is 4.98. The summed E-state index contributed by atoms with van der Waals surface area (Å²) < 4.78 is 0. The predicted octanol–water partition coefficient (Wildman–Crippen LogP) is 1.53. The first-order valence-corrected chi connectivity index (χ1v) is 7.95. The molecule has 19 heavy (non-hydrogen) atoms. The maximum atomic E-state index is 12.1. The molecule has 2 fully saturated rings. The first kappa shape index (κ1) is 14.8. The molecule has 5 N–H and O–H groups in total. The van der Waals surface area contributed by atoms with E-state index in [4.69, 9.17) is 11.5 Å². The van der Waals surface area contributed by atoms with Gasteiger partial charge in [0, 0.05) is 25.0 Å². The first-order chi connectivity index (χ1) is 9.20. The number of nitrogens with one attached hydrogen (secondary N) is 1. The lowest BCUT2D eigenvalue weighted by atomic mass is 9.83. The van der Waals surface area contributed by atoms with Crippen LogP contribution >= 0.6 is 0 Å². The molecule has 2 aliphatic rings. The molecule has 0 heterocycles. The lowest BCUT2D eigenvalue weighted by molar-refractivity contribution is -0.123. The van der Waals surface area contributed by atoms with E-state index in [0.717, 1.165) is 12.8 Å². The Bertz CT molecular complexity index is 289. The average molecular weight is 267 g/mol. The minimum atomic E-state index is 0.156. The molecule has 0 radical (unpaired) electrons. The molecule has 3 atom stereocenters. The SMILES string of the molecule is NCC(NC(=O)C[C@@H]1CCC[C@H]1N)C1CCCCC1. The van der Waals surface area contributed by atoms with Crippen LogP contribution in [0.15, 0.2) is 0 Å². The van der Waals surface area contributed by atoms with Crippen LogP contribution in [-0.4, -0.2) is 24.5 Å². The van der Waals surface area contributed by atoms with Crippen molar-refractivity contribution in [3.63, 3.8) is 0 Å². The van der Waals surface area contributed by atoms with E-state index in [9.17, 15) is 4.79 Å². The molecular formula is C15H29N3O. The van der Waals surface area contributed by atoms with Crippen molar-refractivity contribution in [1.29, 1.82) is 0 Å². The molecule has 4 nitrogen and oxygen atoms in total. The summed E-state index contributed by atoms with van der Waals surface area (Å²) in [6, 6.07) is 0.391. The van der Waals surface area contributed by atoms with Gasteiger partial charge in [0.05, 0.1) is 0 Å². The number of hydrogen-bond acceptors (Lipinski definition) is 3. The standard InChI is InChI=1S/C15H29N3O/c16-10-14(11-5-2-1-3-6-11)18-15(19)9-12-7-4-8-13(12)17/h11-14H,1-10,16-17H2,(H,18,19)/t12-,13+,14?/m0/s1. The second-order valence-electron chi connectivity index (χ2n) is 6.37. The van der Waals surface area contributed by atoms with Gasteiger partial charge in [0.25, 0.3) is 0 Å². The van der Waals surface area contributed by atoms with Crippen LogP contribution in [-0.2, 0) is 4.79 Å². The summed E-state index contributed by atoms with van der Waals surface area (Å²) >= 11 is 0. The summed E-state index contributed by atoms with van der Waals surface area (Å²) in [7, 11) is 0. The van der Waals surface area contributed by atoms with Crippen molar-refractivity contribution in [3.8, 4) is 0 Å². The quantitative estimate of drug-likeness (QED) is 0.706. The largest absolute Gasteiger partial charge is 0.352 e. The Balaban J connectivity index is 1.78. The van der Waals surface area contributed by atoms with Crippen molar-refractivity contribution in [1.82, 2.24) is 5.32 Å². The van der Waals surface area contributed by atoms with Gasteiger partial charge >= 0.3 is 0 Å². The molecule has 0 spiro atoms. The van der Waals surface area contributed by atoms with E-state index in [2.05, 4.69) is 5.32 Å². The number of carbonyl (C=O) groups is 1. The van der Waals surface area contributed by atoms with Gasteiger partial charge < -0.3 is 16.8 Å². The van der Waals surface area contributed by atoms with Crippen LogP contribution in [0, 0.1) is 11.8 Å². The Kier molecular flexibility index (Phi) is 5.64. The van der Waals surface area contributed by atoms with Gasteiger partial charge in [-0.25, -0.2) is 0 Å². The third-order valence-electron chi connectivity index (χ3n) is 4.98. The van der Waals surface area contributed by atoms with E-state index >= 15 is 0 Å². The molecule has 1 unspecified atom stereocenters. The Morgan fingerprint density at radius 2 is 1.84 bits per heavy atom. The number of carbonyl (C=O) groups excluding carboxylic acids is 1. The number of nitrogens with two attached hydrogens (primary N) is 2. The van der Waals surface area contributed by atoms with Crippen molar-refractivity contribution in [2.45, 2.75) is 69.9 Å². The summed E-state index contributed by atoms with van der Waals surface area (Å²) in [6.07, 6.45) is 10.3. The molecule has 0 aliphatic heterocycles. The fourth-order valence-electron chi connectivity index (χ4n) is 3.73. The van der Waals surface area contributed by atoms with E-state index in [1.807, 2.05) is 0 Å². The highest BCUT2D eigenvalue weighted by Gasteiger charge is 2.28. The Morgan fingerprint density at radius 3 is 2.42 bits per heavy atom. The monoisotopic (exact) mass is 267 g/mol. The van der Waals surface area contributed by atoms with E-state index in [0.29, 0.717) is 24.8 Å². The van der Waals surface area contributed by atoms with Gasteiger partial charge in [-0.3, -0.25) is 4.79 Å². The minimum absolute atomic E-state index is 0.156. The second kappa shape index (κ2) is 7.25. The zero-order chi connectivity index (χ0) is 13.7. The lowest BCUT2D eigenvalue weighted by Gasteiger charge is -2.30. The fraction of sp³-hybridized carbons (Fsp3) is 0.933. The van der Waals surface area contributed by atoms with Gasteiger partial charge in [-0.05, 0) is 37.5 Å². The van der Waals surface area contributed by atoms with Crippen molar-refractivity contribution in [3.05, 3.63) is 0 Å². The molecule has 0 bridgehead atoms. The summed E-state index contributed by atoms with van der Waals surface area (Å²) in [6.45, 7) is 0.563. The highest BCUT2D eigenvalue weighted by atomic mass is 16.1. The lowest BCUT2D eigenvalue weighted by Crippen LogP contribution is -2.46. The molecule has 4 heteroatoms. The van der Waals surface area contributed by atoms with Gasteiger partial charge in [-0.2, -0.15) is 0 Å². The van der Waals surface area contributed by atoms with Gasteiger partial charge in [-0.1, -0.05) is 25.7 Å². The molecule has 0 saturated heterocycles. The maximum Gasteiger partial charge on any atom is 0.220 e. The van der Waals surface area contributed by atoms with Crippen LogP contribution in [0.25, 0.3) is 0 Å². The summed E-state index contributed by atoms with van der Waals surface area (Å²) in [4.78, 5) is 12.1. The molecule has 110 valence electrons. The van der Waals surface area contributed by atoms with E-state index in [-0.39, 0.29) is 18.0 Å². The normalized spacial score (nSPS) is 30.2. The third kappa shape index (κ3) is 4.18. The highest BCUT2D eigenvalue weighted by molar-refractivity contribution is 5.76. The Morgan fingerprint density at radius 1 is 1.11 bits per heavy atom. The van der Waals surface area contributed by atoms with Gasteiger partial charge in [0.15, 0.2) is 0 Å². The highest BCUT2D eigenvalue weighted by Crippen LogP contribution is 2.28. The Labute approximate surface area is 116 Å². The van der Waals surface area contributed by atoms with Crippen LogP contribution in [0.2, 0.25) is 0 Å². The predicted molar refractivity (Wildman–Crippen MR) is 77.5 cm³/mol. The molecule has 2 aliphatic carbocycles. The number of hydrogen-bond donors (Lipinski definition) is 3. The average Bonchev–Trinajstić information content (AvgIpc) is 2.82. The van der Waals surface area contributed by atoms with Crippen molar-refractivity contribution >= 4 is 5.91 Å². The van der Waals surface area contributed by atoms with Crippen molar-refractivity contribution in [2.24, 2.45) is 23.3 Å². The molecule has 0 aromatic carbocycles. The van der Waals surface area contributed by atoms with E-state index < -0.39 is 0 Å². The van der Waals surface area contributed by atoms with E-state index in [1.54, 1.807) is 0 Å². The zero-order valence-corrected chi connectivity index (χ0v) is 11.9. The van der Waals surface area contributed by atoms with Gasteiger partial charge in [-0.15, -0.1) is 0 Å². The number of rotatable bonds is 5. The molecule has 2 saturated carbocycles. The van der Waals surface area contributed by atoms with Crippen LogP contribution in [0.5, 0.6) is 0 Å². The molecule has 2 rings (SSSR count). The zero-order valence-electron chi connectivity index (χ0n) is 11.9. The van der Waals surface area contributed by atoms with Crippen LogP contribution < -0.4 is 16.8 Å². The van der Waals surface area contributed by atoms with Gasteiger partial charge in [0.2, 0.25) is 5.91 Å². The second-order valence-corrected chi connectivity index (χ2v) is 6.37. The fourth-order valence-corrected chi connectivity index (χ4v) is 3.73. The molecular weight excluding hydrogens is 238 g/mol. The topological polar surface area (TPSA) is 81.1 Å². The first-order valence-electron chi connectivity index (χ1n) is 7.95. The minimum Gasteiger partial charge on any atom is -0.352 e. The maximum absolute atomic E-state index is 12.1. The summed E-state index contributed by atoms with van der Waals surface area (Å²) in [5, 5.41) is 3.16. The molecule has 0 aromatic heterocycles. The van der Waals surface area contributed by atoms with Crippen molar-refractivity contribution in [2.75, 3.05) is 6.54 Å². The van der Waals surface area contributed by atoms with Crippen LogP contribution in [0.4, 0.5) is 0 Å². The Hall–Kier alpha value is -0.610.